The summed E-state index contributed by atoms with van der Waals surface area (Å²) >= 11 is 0. The first kappa shape index (κ1) is 9.45. The van der Waals surface area contributed by atoms with Crippen LogP contribution in [-0.4, -0.2) is 16.4 Å². The summed E-state index contributed by atoms with van der Waals surface area (Å²) in [5, 5.41) is 0.709. The Hall–Kier alpha value is -2.10. The monoisotopic (exact) mass is 202 g/mol. The van der Waals surface area contributed by atoms with Crippen LogP contribution in [0.15, 0.2) is 30.5 Å². The molecule has 2 rings (SSSR count). The fourth-order valence-electron chi connectivity index (χ4n) is 1.66. The van der Waals surface area contributed by atoms with Crippen LogP contribution in [0.4, 0.5) is 0 Å². The zero-order chi connectivity index (χ0) is 11.0. The number of carbonyl (C=O) groups is 2. The van der Waals surface area contributed by atoms with Crippen LogP contribution in [0.25, 0.3) is 10.9 Å². The first-order valence-electron chi connectivity index (χ1n) is 4.52. The first-order chi connectivity index (χ1) is 7.11. The normalized spacial score (nSPS) is 10.5. The van der Waals surface area contributed by atoms with E-state index in [0.717, 1.165) is 0 Å². The van der Waals surface area contributed by atoms with Crippen LogP contribution in [0, 0.1) is 0 Å². The molecule has 0 atom stereocenters. The molecular weight excluding hydrogens is 192 g/mol. The lowest BCUT2D eigenvalue weighted by atomic mass is 10.1. The first-order valence-corrected chi connectivity index (χ1v) is 4.52. The van der Waals surface area contributed by atoms with Crippen molar-refractivity contribution in [3.8, 4) is 0 Å². The Kier molecular flexibility index (Phi) is 2.04. The van der Waals surface area contributed by atoms with Gasteiger partial charge in [0, 0.05) is 24.1 Å². The number of hydrogen-bond acceptors (Lipinski definition) is 2. The Morgan fingerprint density at radius 2 is 2.00 bits per heavy atom. The number of primary amides is 1. The summed E-state index contributed by atoms with van der Waals surface area (Å²) in [5.41, 5.74) is 6.38. The second-order valence-corrected chi connectivity index (χ2v) is 3.31. The number of nitrogens with two attached hydrogens (primary N) is 1. The summed E-state index contributed by atoms with van der Waals surface area (Å²) < 4.78 is 1.49. The standard InChI is InChI=1S/C11H10N2O2/c1-7(14)13-6-5-8-9(11(12)15)3-2-4-10(8)13/h2-6H,1H3,(H2,12,15). The molecule has 4 nitrogen and oxygen atoms in total. The van der Waals surface area contributed by atoms with E-state index in [9.17, 15) is 9.59 Å². The highest BCUT2D eigenvalue weighted by Gasteiger charge is 2.10. The number of nitrogens with zero attached hydrogens (tertiary/aromatic N) is 1. The fraction of sp³-hybridized carbons (Fsp3) is 0.0909. The minimum Gasteiger partial charge on any atom is -0.366 e. The summed E-state index contributed by atoms with van der Waals surface area (Å²) in [7, 11) is 0. The van der Waals surface area contributed by atoms with Crippen molar-refractivity contribution >= 4 is 22.7 Å². The molecule has 0 aliphatic carbocycles. The van der Waals surface area contributed by atoms with Crippen LogP contribution in [0.1, 0.15) is 22.1 Å². The van der Waals surface area contributed by atoms with Gasteiger partial charge in [-0.3, -0.25) is 14.2 Å². The third kappa shape index (κ3) is 1.40. The Morgan fingerprint density at radius 3 is 2.60 bits per heavy atom. The maximum absolute atomic E-state index is 11.2. The van der Waals surface area contributed by atoms with Gasteiger partial charge in [-0.25, -0.2) is 0 Å². The average molecular weight is 202 g/mol. The van der Waals surface area contributed by atoms with Crippen LogP contribution in [0.5, 0.6) is 0 Å². The molecule has 0 aliphatic rings. The molecule has 1 amide bonds. The summed E-state index contributed by atoms with van der Waals surface area (Å²) in [6, 6.07) is 6.86. The van der Waals surface area contributed by atoms with Crippen molar-refractivity contribution in [1.82, 2.24) is 4.57 Å². The molecule has 0 spiro atoms. The summed E-state index contributed by atoms with van der Waals surface area (Å²) in [5.74, 6) is -0.575. The number of aromatic nitrogens is 1. The third-order valence-electron chi connectivity index (χ3n) is 2.34. The van der Waals surface area contributed by atoms with E-state index in [0.29, 0.717) is 16.5 Å². The summed E-state index contributed by atoms with van der Waals surface area (Å²) in [6.45, 7) is 1.47. The molecule has 0 unspecified atom stereocenters. The largest absolute Gasteiger partial charge is 0.366 e. The second-order valence-electron chi connectivity index (χ2n) is 3.31. The van der Waals surface area contributed by atoms with E-state index < -0.39 is 5.91 Å². The summed E-state index contributed by atoms with van der Waals surface area (Å²) in [6.07, 6.45) is 1.64. The number of rotatable bonds is 1. The van der Waals surface area contributed by atoms with E-state index in [2.05, 4.69) is 0 Å². The lowest BCUT2D eigenvalue weighted by molar-refractivity contribution is 0.0940. The van der Waals surface area contributed by atoms with E-state index in [4.69, 9.17) is 5.73 Å². The van der Waals surface area contributed by atoms with Crippen LogP contribution >= 0.6 is 0 Å². The Balaban J connectivity index is 2.80. The maximum atomic E-state index is 11.2. The predicted octanol–water partition coefficient (Wildman–Crippen LogP) is 1.40. The molecular formula is C11H10N2O2. The zero-order valence-electron chi connectivity index (χ0n) is 8.23. The van der Waals surface area contributed by atoms with Gasteiger partial charge in [-0.05, 0) is 18.2 Å². The molecule has 1 aromatic heterocycles. The number of carbonyl (C=O) groups excluding carboxylic acids is 2. The topological polar surface area (TPSA) is 65.1 Å². The van der Waals surface area contributed by atoms with Gasteiger partial charge in [0.15, 0.2) is 0 Å². The lowest BCUT2D eigenvalue weighted by Gasteiger charge is -2.01. The third-order valence-corrected chi connectivity index (χ3v) is 2.34. The molecule has 2 aromatic rings. The Morgan fingerprint density at radius 1 is 1.27 bits per heavy atom. The van der Waals surface area contributed by atoms with Gasteiger partial charge in [0.25, 0.3) is 0 Å². The SMILES string of the molecule is CC(=O)n1ccc2c(C(N)=O)cccc21. The number of hydrogen-bond donors (Lipinski definition) is 1. The van der Waals surface area contributed by atoms with Crippen LogP contribution < -0.4 is 5.73 Å². The highest BCUT2D eigenvalue weighted by molar-refractivity contribution is 6.07. The van der Waals surface area contributed by atoms with Crippen molar-refractivity contribution < 1.29 is 9.59 Å². The maximum Gasteiger partial charge on any atom is 0.249 e. The molecule has 15 heavy (non-hydrogen) atoms. The molecule has 2 N–H and O–H groups in total. The van der Waals surface area contributed by atoms with Crippen molar-refractivity contribution in [2.45, 2.75) is 6.92 Å². The van der Waals surface area contributed by atoms with Gasteiger partial charge >= 0.3 is 0 Å². The summed E-state index contributed by atoms with van der Waals surface area (Å²) in [4.78, 5) is 22.4. The Labute approximate surface area is 86.3 Å². The highest BCUT2D eigenvalue weighted by atomic mass is 16.2. The smallest absolute Gasteiger partial charge is 0.249 e. The number of benzene rings is 1. The molecule has 0 fully saturated rings. The molecule has 0 saturated heterocycles. The minimum atomic E-state index is -0.484. The lowest BCUT2D eigenvalue weighted by Crippen LogP contribution is -2.11. The minimum absolute atomic E-state index is 0.0911. The molecule has 4 heteroatoms. The average Bonchev–Trinajstić information content (AvgIpc) is 2.59. The van der Waals surface area contributed by atoms with Gasteiger partial charge in [-0.15, -0.1) is 0 Å². The predicted molar refractivity (Wildman–Crippen MR) is 56.8 cm³/mol. The van der Waals surface area contributed by atoms with Crippen LogP contribution in [-0.2, 0) is 0 Å². The molecule has 0 radical (unpaired) electrons. The van der Waals surface area contributed by atoms with Crippen molar-refractivity contribution in [3.63, 3.8) is 0 Å². The second kappa shape index (κ2) is 3.24. The van der Waals surface area contributed by atoms with Gasteiger partial charge in [0.2, 0.25) is 11.8 Å². The number of fused-ring (bicyclic) bond motifs is 1. The van der Waals surface area contributed by atoms with Crippen molar-refractivity contribution in [2.24, 2.45) is 5.73 Å². The van der Waals surface area contributed by atoms with Crippen LogP contribution in [0.3, 0.4) is 0 Å². The van der Waals surface area contributed by atoms with E-state index >= 15 is 0 Å². The zero-order valence-corrected chi connectivity index (χ0v) is 8.23. The number of amides is 1. The van der Waals surface area contributed by atoms with Gasteiger partial charge in [-0.1, -0.05) is 6.07 Å². The Bertz CT molecular complexity index is 555. The fourth-order valence-corrected chi connectivity index (χ4v) is 1.66. The molecule has 0 bridgehead atoms. The highest BCUT2D eigenvalue weighted by Crippen LogP contribution is 2.19. The van der Waals surface area contributed by atoms with E-state index in [1.54, 1.807) is 30.5 Å². The van der Waals surface area contributed by atoms with Gasteiger partial charge in [0.05, 0.1) is 5.52 Å². The van der Waals surface area contributed by atoms with E-state index in [-0.39, 0.29) is 5.91 Å². The van der Waals surface area contributed by atoms with Crippen molar-refractivity contribution in [3.05, 3.63) is 36.0 Å². The van der Waals surface area contributed by atoms with Crippen LogP contribution in [0.2, 0.25) is 0 Å². The molecule has 1 aromatic carbocycles. The van der Waals surface area contributed by atoms with E-state index in [1.807, 2.05) is 0 Å². The molecule has 1 heterocycles. The van der Waals surface area contributed by atoms with Gasteiger partial charge < -0.3 is 5.73 Å². The van der Waals surface area contributed by atoms with E-state index in [1.165, 1.54) is 11.5 Å². The van der Waals surface area contributed by atoms with Gasteiger partial charge in [0.1, 0.15) is 0 Å². The quantitative estimate of drug-likeness (QED) is 0.759. The van der Waals surface area contributed by atoms with Crippen molar-refractivity contribution in [1.29, 1.82) is 0 Å². The van der Waals surface area contributed by atoms with Gasteiger partial charge in [-0.2, -0.15) is 0 Å². The molecule has 0 aliphatic heterocycles. The molecule has 0 saturated carbocycles. The molecule has 76 valence electrons. The van der Waals surface area contributed by atoms with Crippen molar-refractivity contribution in [2.75, 3.05) is 0 Å².